The van der Waals surface area contributed by atoms with Crippen LogP contribution in [0.25, 0.3) is 0 Å². The number of rotatable bonds is 16. The first-order valence-corrected chi connectivity index (χ1v) is 30.6. The normalized spacial score (nSPS) is 16.5. The third-order valence-electron chi connectivity index (χ3n) is 6.86. The molecular weight excluding hydrogens is 566 g/mol. The summed E-state index contributed by atoms with van der Waals surface area (Å²) in [6.45, 7) is 21.5. The molecule has 0 saturated carbocycles. The molecule has 0 saturated heterocycles. The van der Waals surface area contributed by atoms with E-state index >= 15 is 0 Å². The summed E-state index contributed by atoms with van der Waals surface area (Å²) in [5.74, 6) is 1.27. The molecule has 0 N–H and O–H groups in total. The summed E-state index contributed by atoms with van der Waals surface area (Å²) in [5.41, 5.74) is -0.0501. The minimum absolute atomic E-state index is 0.0501. The van der Waals surface area contributed by atoms with Crippen LogP contribution < -0.4 is 0 Å². The summed E-state index contributed by atoms with van der Waals surface area (Å²) >= 11 is -4.58. The third kappa shape index (κ3) is 11.1. The second-order valence-corrected chi connectivity index (χ2v) is 45.5. The molecule has 0 aromatic carbocycles. The first kappa shape index (κ1) is 30.3. The SMILES string of the molecule is C=C[C@H](C)[C@@H](COC(C)(C)C)[C@H]([Sn]([CH3])([CH3])[CH3])[Sn]([CH2]CCC)([CH2]CCC)[CH2]CCC. The van der Waals surface area contributed by atoms with Gasteiger partial charge in [-0.25, -0.2) is 0 Å². The molecule has 29 heavy (non-hydrogen) atoms. The Morgan fingerprint density at radius 2 is 1.28 bits per heavy atom. The van der Waals surface area contributed by atoms with E-state index in [1.54, 1.807) is 13.3 Å². The van der Waals surface area contributed by atoms with Crippen LogP contribution >= 0.6 is 0 Å². The Kier molecular flexibility index (Phi) is 15.1. The number of ether oxygens (including phenoxy) is 1. The van der Waals surface area contributed by atoms with Crippen LogP contribution in [-0.4, -0.2) is 49.0 Å². The van der Waals surface area contributed by atoms with Crippen LogP contribution in [0.2, 0.25) is 30.1 Å². The van der Waals surface area contributed by atoms with Crippen molar-refractivity contribution in [1.29, 1.82) is 0 Å². The van der Waals surface area contributed by atoms with Gasteiger partial charge in [-0.2, -0.15) is 0 Å². The van der Waals surface area contributed by atoms with Gasteiger partial charge in [-0.15, -0.1) is 0 Å². The van der Waals surface area contributed by atoms with Gasteiger partial charge in [0.25, 0.3) is 0 Å². The Labute approximate surface area is 194 Å². The van der Waals surface area contributed by atoms with E-state index in [9.17, 15) is 0 Å². The molecule has 0 unspecified atom stereocenters. The molecule has 174 valence electrons. The van der Waals surface area contributed by atoms with Crippen LogP contribution in [0.5, 0.6) is 0 Å². The Morgan fingerprint density at radius 3 is 1.55 bits per heavy atom. The summed E-state index contributed by atoms with van der Waals surface area (Å²) in [4.78, 5) is 8.23. The third-order valence-corrected chi connectivity index (χ3v) is 58.3. The van der Waals surface area contributed by atoms with Gasteiger partial charge in [-0.05, 0) is 0 Å². The molecule has 0 aromatic heterocycles. The topological polar surface area (TPSA) is 9.23 Å². The fraction of sp³-hybridized carbons (Fsp3) is 0.923. The zero-order chi connectivity index (χ0) is 22.7. The molecule has 0 aliphatic rings. The maximum absolute atomic E-state index is 6.52. The summed E-state index contributed by atoms with van der Waals surface area (Å²) < 4.78 is 12.4. The minimum atomic E-state index is -2.37. The van der Waals surface area contributed by atoms with E-state index in [0.29, 0.717) is 11.8 Å². The Morgan fingerprint density at radius 1 is 0.862 bits per heavy atom. The zero-order valence-electron chi connectivity index (χ0n) is 22.0. The molecule has 1 nitrogen and oxygen atoms in total. The molecule has 0 fully saturated rings. The Hall–Kier alpha value is 1.30. The molecule has 0 rings (SSSR count). The van der Waals surface area contributed by atoms with Crippen molar-refractivity contribution in [3.05, 3.63) is 12.7 Å². The summed E-state index contributed by atoms with van der Waals surface area (Å²) in [7, 11) is 0. The van der Waals surface area contributed by atoms with Crippen molar-refractivity contribution in [1.82, 2.24) is 0 Å². The predicted molar refractivity (Wildman–Crippen MR) is 141 cm³/mol. The van der Waals surface area contributed by atoms with Crippen molar-refractivity contribution in [3.8, 4) is 0 Å². The van der Waals surface area contributed by atoms with Crippen molar-refractivity contribution >= 4 is 36.8 Å². The van der Waals surface area contributed by atoms with Crippen molar-refractivity contribution in [3.63, 3.8) is 0 Å². The molecule has 0 spiro atoms. The number of unbranched alkanes of at least 4 members (excludes halogenated alkanes) is 3. The van der Waals surface area contributed by atoms with Crippen molar-refractivity contribution in [2.45, 2.75) is 123 Å². The summed E-state index contributed by atoms with van der Waals surface area (Å²) in [5, 5.41) is 0. The van der Waals surface area contributed by atoms with Crippen LogP contribution in [0.1, 0.15) is 87.0 Å². The molecule has 0 aliphatic carbocycles. The molecule has 0 aromatic rings. The van der Waals surface area contributed by atoms with Crippen molar-refractivity contribution < 1.29 is 4.74 Å². The van der Waals surface area contributed by atoms with Gasteiger partial charge in [0.1, 0.15) is 0 Å². The predicted octanol–water partition coefficient (Wildman–Crippen LogP) is 9.34. The Balaban J connectivity index is 6.35. The molecule has 0 amide bonds. The second-order valence-electron chi connectivity index (χ2n) is 11.7. The van der Waals surface area contributed by atoms with Crippen LogP contribution in [-0.2, 0) is 4.74 Å². The van der Waals surface area contributed by atoms with Gasteiger partial charge in [0, 0.05) is 0 Å². The number of hydrogen-bond acceptors (Lipinski definition) is 1. The monoisotopic (exact) mass is 624 g/mol. The summed E-state index contributed by atoms with van der Waals surface area (Å²) in [6, 6.07) is 0. The molecule has 0 heterocycles. The van der Waals surface area contributed by atoms with E-state index in [1.165, 1.54) is 38.5 Å². The van der Waals surface area contributed by atoms with Gasteiger partial charge in [-0.3, -0.25) is 0 Å². The van der Waals surface area contributed by atoms with Crippen LogP contribution in [0.15, 0.2) is 12.7 Å². The van der Waals surface area contributed by atoms with E-state index < -0.39 is 36.8 Å². The fourth-order valence-electron chi connectivity index (χ4n) is 5.52. The van der Waals surface area contributed by atoms with Crippen molar-refractivity contribution in [2.75, 3.05) is 6.61 Å². The molecule has 0 radical (unpaired) electrons. The second kappa shape index (κ2) is 14.4. The molecule has 0 aliphatic heterocycles. The van der Waals surface area contributed by atoms with Gasteiger partial charge >= 0.3 is 195 Å². The van der Waals surface area contributed by atoms with Gasteiger partial charge in [0.15, 0.2) is 0 Å². The van der Waals surface area contributed by atoms with Gasteiger partial charge in [-0.1, -0.05) is 0 Å². The molecule has 3 heteroatoms. The molecule has 3 atom stereocenters. The number of allylic oxidation sites excluding steroid dienone is 1. The van der Waals surface area contributed by atoms with Crippen LogP contribution in [0.3, 0.4) is 0 Å². The van der Waals surface area contributed by atoms with Crippen molar-refractivity contribution in [2.24, 2.45) is 11.8 Å². The quantitative estimate of drug-likeness (QED) is 0.123. The van der Waals surface area contributed by atoms with Gasteiger partial charge in [0.2, 0.25) is 0 Å². The van der Waals surface area contributed by atoms with Crippen LogP contribution in [0, 0.1) is 11.8 Å². The van der Waals surface area contributed by atoms with E-state index in [-0.39, 0.29) is 5.60 Å². The van der Waals surface area contributed by atoms with E-state index in [4.69, 9.17) is 4.74 Å². The van der Waals surface area contributed by atoms with E-state index in [0.717, 1.165) is 8.56 Å². The average molecular weight is 622 g/mol. The van der Waals surface area contributed by atoms with Gasteiger partial charge in [0.05, 0.1) is 0 Å². The van der Waals surface area contributed by atoms with E-state index in [2.05, 4.69) is 75.9 Å². The first-order chi connectivity index (χ1) is 13.4. The first-order valence-electron chi connectivity index (χ1n) is 12.6. The summed E-state index contributed by atoms with van der Waals surface area (Å²) in [6.07, 6.45) is 10.7. The standard InChI is InChI=1S/C11H20O.3C4H9.3CH3.2Sn/c1-7-9(2)10(3)8-12-11(4,5)6;3*1-3-4-2;;;;;/h3,7,9-10H,1,8H2,2,4-6H3;3*1,3-4H2,2H3;3*1H3;;/t9-,10+;;;;;;;;/m0......../s1. The molecular formula is C26H56OSn2. The zero-order valence-corrected chi connectivity index (χ0v) is 27.7. The molecule has 0 bridgehead atoms. The average Bonchev–Trinajstić information content (AvgIpc) is 2.63. The van der Waals surface area contributed by atoms with Gasteiger partial charge < -0.3 is 0 Å². The maximum atomic E-state index is 6.52. The van der Waals surface area contributed by atoms with Crippen LogP contribution in [0.4, 0.5) is 0 Å². The van der Waals surface area contributed by atoms with E-state index in [1.807, 2.05) is 0 Å². The fourth-order valence-corrected chi connectivity index (χ4v) is 76.6. The number of hydrogen-bond donors (Lipinski definition) is 0. The Bertz CT molecular complexity index is 411.